The number of sulfonamides is 1. The minimum atomic E-state index is -3.73. The highest BCUT2D eigenvalue weighted by Crippen LogP contribution is 2.30. The van der Waals surface area contributed by atoms with Crippen LogP contribution in [0.1, 0.15) is 39.5 Å². The van der Waals surface area contributed by atoms with Crippen molar-refractivity contribution in [2.45, 2.75) is 50.5 Å². The molecule has 6 nitrogen and oxygen atoms in total. The Kier molecular flexibility index (Phi) is 7.10. The number of benzene rings is 1. The molecule has 1 fully saturated rings. The van der Waals surface area contributed by atoms with E-state index in [1.54, 1.807) is 19.9 Å². The Morgan fingerprint density at radius 2 is 1.92 bits per heavy atom. The van der Waals surface area contributed by atoms with Crippen LogP contribution >= 0.6 is 11.6 Å². The number of rotatable bonds is 8. The third-order valence-corrected chi connectivity index (χ3v) is 6.61. The summed E-state index contributed by atoms with van der Waals surface area (Å²) >= 11 is 5.97. The lowest BCUT2D eigenvalue weighted by atomic mass is 10.2. The lowest BCUT2D eigenvalue weighted by molar-refractivity contribution is -0.123. The summed E-state index contributed by atoms with van der Waals surface area (Å²) in [6.45, 7) is 3.99. The first kappa shape index (κ1) is 20.0. The maximum absolute atomic E-state index is 12.8. The van der Waals surface area contributed by atoms with Gasteiger partial charge in [-0.15, -0.1) is 0 Å². The van der Waals surface area contributed by atoms with Crippen molar-refractivity contribution in [3.63, 3.8) is 0 Å². The number of halogens is 1. The molecular weight excluding hydrogens is 364 g/mol. The van der Waals surface area contributed by atoms with E-state index in [1.807, 2.05) is 0 Å². The Hall–Kier alpha value is -1.31. The second-order valence-corrected chi connectivity index (χ2v) is 8.36. The van der Waals surface area contributed by atoms with Gasteiger partial charge in [0.1, 0.15) is 10.6 Å². The maximum Gasteiger partial charge on any atom is 0.258 e. The molecule has 1 aliphatic rings. The zero-order valence-corrected chi connectivity index (χ0v) is 16.2. The quantitative estimate of drug-likeness (QED) is 0.742. The normalized spacial score (nSPS) is 15.5. The van der Waals surface area contributed by atoms with Crippen molar-refractivity contribution >= 4 is 27.5 Å². The topological polar surface area (TPSA) is 75.7 Å². The van der Waals surface area contributed by atoms with E-state index in [0.717, 1.165) is 25.7 Å². The molecule has 2 rings (SSSR count). The molecule has 0 spiro atoms. The maximum atomic E-state index is 12.8. The van der Waals surface area contributed by atoms with E-state index in [4.69, 9.17) is 16.3 Å². The average Bonchev–Trinajstić information content (AvgIpc) is 3.07. The number of ether oxygens (including phenoxy) is 1. The number of hydrogen-bond acceptors (Lipinski definition) is 4. The minimum absolute atomic E-state index is 0.0163. The largest absolute Gasteiger partial charge is 0.482 e. The van der Waals surface area contributed by atoms with Gasteiger partial charge in [-0.2, -0.15) is 4.31 Å². The van der Waals surface area contributed by atoms with Crippen LogP contribution in [0.3, 0.4) is 0 Å². The predicted octanol–water partition coefficient (Wildman–Crippen LogP) is 2.81. The van der Waals surface area contributed by atoms with Crippen LogP contribution in [0.15, 0.2) is 23.1 Å². The third-order valence-electron chi connectivity index (χ3n) is 4.31. The molecule has 0 bridgehead atoms. The molecule has 0 aliphatic heterocycles. The molecule has 0 saturated heterocycles. The van der Waals surface area contributed by atoms with Gasteiger partial charge in [0.25, 0.3) is 5.91 Å². The van der Waals surface area contributed by atoms with E-state index in [0.29, 0.717) is 18.1 Å². The van der Waals surface area contributed by atoms with Gasteiger partial charge >= 0.3 is 0 Å². The van der Waals surface area contributed by atoms with E-state index in [1.165, 1.54) is 16.4 Å². The first-order chi connectivity index (χ1) is 11.9. The molecule has 1 aromatic rings. The van der Waals surface area contributed by atoms with E-state index >= 15 is 0 Å². The Bertz CT molecular complexity index is 699. The molecule has 25 heavy (non-hydrogen) atoms. The summed E-state index contributed by atoms with van der Waals surface area (Å²) in [7, 11) is -3.73. The molecule has 1 aromatic carbocycles. The van der Waals surface area contributed by atoms with E-state index in [2.05, 4.69) is 5.32 Å². The summed E-state index contributed by atoms with van der Waals surface area (Å²) in [6.07, 6.45) is 4.20. The fourth-order valence-corrected chi connectivity index (χ4v) is 4.84. The van der Waals surface area contributed by atoms with Crippen LogP contribution in [0.2, 0.25) is 5.02 Å². The van der Waals surface area contributed by atoms with Gasteiger partial charge in [0.2, 0.25) is 10.0 Å². The lowest BCUT2D eigenvalue weighted by Crippen LogP contribution is -2.36. The highest BCUT2D eigenvalue weighted by Gasteiger charge is 2.26. The van der Waals surface area contributed by atoms with Crippen LogP contribution in [-0.2, 0) is 14.8 Å². The zero-order chi connectivity index (χ0) is 18.4. The van der Waals surface area contributed by atoms with Crippen molar-refractivity contribution in [1.29, 1.82) is 0 Å². The zero-order valence-electron chi connectivity index (χ0n) is 14.6. The minimum Gasteiger partial charge on any atom is -0.482 e. The predicted molar refractivity (Wildman–Crippen MR) is 97.5 cm³/mol. The van der Waals surface area contributed by atoms with Crippen LogP contribution in [0, 0.1) is 0 Å². The summed E-state index contributed by atoms with van der Waals surface area (Å²) in [5, 5.41) is 3.21. The highest BCUT2D eigenvalue weighted by atomic mass is 35.5. The standard InChI is InChI=1S/C17H25ClN2O4S/c1-3-20(4-2)25(22,23)16-11-13(18)9-10-15(16)24-12-17(21)19-14-7-5-6-8-14/h9-11,14H,3-8,12H2,1-2H3,(H,19,21). The number of amides is 1. The first-order valence-corrected chi connectivity index (χ1v) is 10.4. The van der Waals surface area contributed by atoms with Gasteiger partial charge in [-0.1, -0.05) is 38.3 Å². The van der Waals surface area contributed by atoms with Gasteiger partial charge < -0.3 is 10.1 Å². The molecule has 0 aromatic heterocycles. The molecule has 8 heteroatoms. The van der Waals surface area contributed by atoms with Crippen LogP contribution in [-0.4, -0.2) is 44.4 Å². The van der Waals surface area contributed by atoms with E-state index in [-0.39, 0.29) is 29.2 Å². The average molecular weight is 389 g/mol. The molecule has 140 valence electrons. The SMILES string of the molecule is CCN(CC)S(=O)(=O)c1cc(Cl)ccc1OCC(=O)NC1CCCC1. The number of carbonyl (C=O) groups excluding carboxylic acids is 1. The summed E-state index contributed by atoms with van der Waals surface area (Å²) in [4.78, 5) is 12.0. The van der Waals surface area contributed by atoms with Crippen LogP contribution in [0.5, 0.6) is 5.75 Å². The Morgan fingerprint density at radius 3 is 2.52 bits per heavy atom. The summed E-state index contributed by atoms with van der Waals surface area (Å²) < 4.78 is 32.4. The van der Waals surface area contributed by atoms with Crippen LogP contribution < -0.4 is 10.1 Å². The highest BCUT2D eigenvalue weighted by molar-refractivity contribution is 7.89. The fourth-order valence-electron chi connectivity index (χ4n) is 2.99. The van der Waals surface area contributed by atoms with Crippen molar-refractivity contribution in [3.8, 4) is 5.75 Å². The molecule has 1 N–H and O–H groups in total. The molecular formula is C17H25ClN2O4S. The van der Waals surface area contributed by atoms with Gasteiger partial charge in [0.15, 0.2) is 6.61 Å². The second-order valence-electron chi connectivity index (χ2n) is 6.02. The molecule has 0 atom stereocenters. The second kappa shape index (κ2) is 8.87. The molecule has 1 amide bonds. The summed E-state index contributed by atoms with van der Waals surface area (Å²) in [6, 6.07) is 4.59. The number of carbonyl (C=O) groups is 1. The van der Waals surface area contributed by atoms with Crippen molar-refractivity contribution in [2.24, 2.45) is 0 Å². The lowest BCUT2D eigenvalue weighted by Gasteiger charge is -2.21. The van der Waals surface area contributed by atoms with Crippen molar-refractivity contribution in [3.05, 3.63) is 23.2 Å². The molecule has 0 radical (unpaired) electrons. The van der Waals surface area contributed by atoms with Crippen molar-refractivity contribution in [2.75, 3.05) is 19.7 Å². The van der Waals surface area contributed by atoms with Gasteiger partial charge in [-0.05, 0) is 31.0 Å². The smallest absolute Gasteiger partial charge is 0.258 e. The van der Waals surface area contributed by atoms with Gasteiger partial charge in [-0.25, -0.2) is 8.42 Å². The summed E-state index contributed by atoms with van der Waals surface area (Å²) in [5.74, 6) is -0.106. The Balaban J connectivity index is 2.14. The van der Waals surface area contributed by atoms with E-state index in [9.17, 15) is 13.2 Å². The number of hydrogen-bond donors (Lipinski definition) is 1. The Morgan fingerprint density at radius 1 is 1.28 bits per heavy atom. The number of nitrogens with zero attached hydrogens (tertiary/aromatic N) is 1. The van der Waals surface area contributed by atoms with E-state index < -0.39 is 10.0 Å². The molecule has 0 unspecified atom stereocenters. The summed E-state index contributed by atoms with van der Waals surface area (Å²) in [5.41, 5.74) is 0. The van der Waals surface area contributed by atoms with Crippen LogP contribution in [0.4, 0.5) is 0 Å². The fraction of sp³-hybridized carbons (Fsp3) is 0.588. The first-order valence-electron chi connectivity index (χ1n) is 8.60. The van der Waals surface area contributed by atoms with Crippen LogP contribution in [0.25, 0.3) is 0 Å². The van der Waals surface area contributed by atoms with Crippen molar-refractivity contribution in [1.82, 2.24) is 9.62 Å². The molecule has 1 aliphatic carbocycles. The third kappa shape index (κ3) is 5.09. The number of nitrogens with one attached hydrogen (secondary N) is 1. The van der Waals surface area contributed by atoms with Gasteiger partial charge in [0.05, 0.1) is 0 Å². The molecule has 1 saturated carbocycles. The van der Waals surface area contributed by atoms with Crippen molar-refractivity contribution < 1.29 is 17.9 Å². The van der Waals surface area contributed by atoms with Gasteiger partial charge in [0, 0.05) is 24.2 Å². The monoisotopic (exact) mass is 388 g/mol. The molecule has 0 heterocycles. The van der Waals surface area contributed by atoms with Gasteiger partial charge in [-0.3, -0.25) is 4.79 Å². The Labute approximate surface area is 154 Å².